The van der Waals surface area contributed by atoms with E-state index in [1.54, 1.807) is 0 Å². The van der Waals surface area contributed by atoms with Crippen LogP contribution in [0.2, 0.25) is 0 Å². The lowest BCUT2D eigenvalue weighted by Gasteiger charge is -2.49. The Morgan fingerprint density at radius 2 is 1.58 bits per heavy atom. The number of esters is 1. The Kier molecular flexibility index (Phi) is 9.07. The van der Waals surface area contributed by atoms with Gasteiger partial charge < -0.3 is 14.5 Å². The number of ether oxygens (including phenoxy) is 1. The van der Waals surface area contributed by atoms with Crippen molar-refractivity contribution in [3.63, 3.8) is 0 Å². The highest BCUT2D eigenvalue weighted by atomic mass is 16.5. The van der Waals surface area contributed by atoms with Crippen molar-refractivity contribution in [2.24, 2.45) is 4.99 Å². The normalized spacial score (nSPS) is 21.4. The summed E-state index contributed by atoms with van der Waals surface area (Å²) >= 11 is 0. The lowest BCUT2D eigenvalue weighted by Crippen LogP contribution is -2.49. The number of hydrogen-bond acceptors (Lipinski definition) is 5. The molecule has 0 amide bonds. The first kappa shape index (κ1) is 33.3. The molecule has 2 aromatic carbocycles. The average molecular weight is 612 g/mol. The largest absolute Gasteiger partial charge is 0.466 e. The second kappa shape index (κ2) is 12.3. The Balaban J connectivity index is 1.70. The van der Waals surface area contributed by atoms with Crippen molar-refractivity contribution < 1.29 is 9.53 Å². The Morgan fingerprint density at radius 3 is 2.22 bits per heavy atom. The van der Waals surface area contributed by atoms with E-state index >= 15 is 0 Å². The number of aliphatic imine (C=N–C) groups is 1. The summed E-state index contributed by atoms with van der Waals surface area (Å²) in [5.41, 5.74) is 12.9. The molecule has 5 nitrogen and oxygen atoms in total. The molecule has 5 heteroatoms. The molecule has 0 spiro atoms. The number of hydrogen-bond donors (Lipinski definition) is 0. The van der Waals surface area contributed by atoms with Gasteiger partial charge in [0.15, 0.2) is 0 Å². The molecule has 45 heavy (non-hydrogen) atoms. The zero-order valence-corrected chi connectivity index (χ0v) is 30.0. The number of likely N-dealkylation sites (N-methyl/N-ethyl adjacent to an activating group) is 1. The molecule has 0 saturated carbocycles. The minimum absolute atomic E-state index is 0.0137. The van der Waals surface area contributed by atoms with Gasteiger partial charge >= 0.3 is 5.97 Å². The van der Waals surface area contributed by atoms with Crippen LogP contribution < -0.4 is 9.80 Å². The predicted molar refractivity (Wildman–Crippen MR) is 191 cm³/mol. The summed E-state index contributed by atoms with van der Waals surface area (Å²) in [5, 5.41) is 0. The highest BCUT2D eigenvalue weighted by molar-refractivity contribution is 6.18. The smallest absolute Gasteiger partial charge is 0.305 e. The number of nitrogens with zero attached hydrogens (tertiary/aromatic N) is 3. The summed E-state index contributed by atoms with van der Waals surface area (Å²) in [6.07, 6.45) is 6.95. The Labute approximate surface area is 273 Å². The maximum absolute atomic E-state index is 12.2. The summed E-state index contributed by atoms with van der Waals surface area (Å²) in [5.74, 6) is 0.326. The fraction of sp³-hybridized carbons (Fsp3) is 0.600. The molecular formula is C40H57N3O2. The molecule has 2 aliphatic heterocycles. The summed E-state index contributed by atoms with van der Waals surface area (Å²) < 4.78 is 5.25. The molecule has 0 saturated heterocycles. The van der Waals surface area contributed by atoms with Crippen molar-refractivity contribution in [2.45, 2.75) is 131 Å². The summed E-state index contributed by atoms with van der Waals surface area (Å²) in [6.45, 7) is 28.3. The minimum atomic E-state index is -0.210. The quantitative estimate of drug-likeness (QED) is 0.209. The van der Waals surface area contributed by atoms with E-state index in [-0.39, 0.29) is 22.5 Å². The first-order valence-electron chi connectivity index (χ1n) is 17.5. The van der Waals surface area contributed by atoms with Crippen molar-refractivity contribution in [2.75, 3.05) is 36.0 Å². The van der Waals surface area contributed by atoms with Gasteiger partial charge in [-0.25, -0.2) is 0 Å². The monoisotopic (exact) mass is 611 g/mol. The molecule has 0 N–H and O–H groups in total. The molecule has 0 fully saturated rings. The van der Waals surface area contributed by atoms with Crippen LogP contribution in [0.3, 0.4) is 0 Å². The Bertz CT molecular complexity index is 1530. The van der Waals surface area contributed by atoms with E-state index in [4.69, 9.17) is 9.73 Å². The van der Waals surface area contributed by atoms with Crippen molar-refractivity contribution in [1.82, 2.24) is 0 Å². The van der Waals surface area contributed by atoms with Gasteiger partial charge in [-0.1, -0.05) is 40.2 Å². The number of carbonyl (C=O) groups excluding carboxylic acids is 1. The van der Waals surface area contributed by atoms with Crippen LogP contribution in [0.15, 0.2) is 35.3 Å². The van der Waals surface area contributed by atoms with E-state index in [0.717, 1.165) is 51.0 Å². The van der Waals surface area contributed by atoms with Gasteiger partial charge in [-0.3, -0.25) is 9.79 Å². The first-order chi connectivity index (χ1) is 21.2. The molecule has 2 aromatic rings. The molecular weight excluding hydrogens is 554 g/mol. The van der Waals surface area contributed by atoms with E-state index < -0.39 is 0 Å². The third kappa shape index (κ3) is 5.85. The van der Waals surface area contributed by atoms with E-state index in [9.17, 15) is 4.79 Å². The number of allylic oxidation sites excluding steroid dienone is 1. The minimum Gasteiger partial charge on any atom is -0.466 e. The molecule has 2 heterocycles. The van der Waals surface area contributed by atoms with Crippen LogP contribution in [-0.4, -0.2) is 49.0 Å². The van der Waals surface area contributed by atoms with Gasteiger partial charge in [0, 0.05) is 65.1 Å². The standard InChI is InChI=1S/C40H57N3O2/c1-12-15-18-41-37-30-20-28-26(4)24-38(6,7)42(13-2)34(28)22-32(30)40(10,11)33-23-35-29(21-31(33)37)27(5)25-39(8,9)43(35)19-16-17-36(44)45-14-3/h20-24,27H,12-19,25H2,1-11H3. The van der Waals surface area contributed by atoms with Gasteiger partial charge in [0.05, 0.1) is 17.9 Å². The van der Waals surface area contributed by atoms with Crippen LogP contribution in [0, 0.1) is 0 Å². The van der Waals surface area contributed by atoms with E-state index in [0.29, 0.717) is 18.9 Å². The van der Waals surface area contributed by atoms with Gasteiger partial charge in [0.2, 0.25) is 0 Å². The topological polar surface area (TPSA) is 45.1 Å². The SMILES string of the molecule is CCCCN=C1c2cc3c(cc2C(C)(C)c2cc4c(cc21)C(C)CC(C)(C)N4CCCC(=O)OCC)N(CC)C(C)(C)C=C3C. The van der Waals surface area contributed by atoms with Crippen molar-refractivity contribution in [3.05, 3.63) is 63.7 Å². The molecule has 1 aliphatic carbocycles. The molecule has 0 aromatic heterocycles. The lowest BCUT2D eigenvalue weighted by molar-refractivity contribution is -0.143. The van der Waals surface area contributed by atoms with E-state index in [1.165, 1.54) is 50.3 Å². The van der Waals surface area contributed by atoms with Crippen LogP contribution in [0.1, 0.15) is 148 Å². The second-order valence-corrected chi connectivity index (χ2v) is 15.3. The third-order valence-corrected chi connectivity index (χ3v) is 10.7. The van der Waals surface area contributed by atoms with E-state index in [2.05, 4.69) is 109 Å². The fourth-order valence-electron chi connectivity index (χ4n) is 8.50. The number of benzene rings is 2. The lowest BCUT2D eigenvalue weighted by atomic mass is 9.65. The number of rotatable bonds is 9. The van der Waals surface area contributed by atoms with E-state index in [1.807, 2.05) is 6.92 Å². The van der Waals surface area contributed by atoms with Crippen LogP contribution >= 0.6 is 0 Å². The van der Waals surface area contributed by atoms with Crippen LogP contribution in [0.4, 0.5) is 11.4 Å². The molecule has 1 unspecified atom stereocenters. The van der Waals surface area contributed by atoms with Crippen LogP contribution in [-0.2, 0) is 14.9 Å². The summed E-state index contributed by atoms with van der Waals surface area (Å²) in [7, 11) is 0. The molecule has 0 bridgehead atoms. The van der Waals surface area contributed by atoms with Crippen molar-refractivity contribution in [3.8, 4) is 0 Å². The highest BCUT2D eigenvalue weighted by Crippen LogP contribution is 2.51. The number of anilines is 2. The molecule has 3 aliphatic rings. The molecule has 5 rings (SSSR count). The zero-order valence-electron chi connectivity index (χ0n) is 30.0. The third-order valence-electron chi connectivity index (χ3n) is 10.7. The maximum Gasteiger partial charge on any atom is 0.305 e. The molecule has 244 valence electrons. The summed E-state index contributed by atoms with van der Waals surface area (Å²) in [4.78, 5) is 22.7. The van der Waals surface area contributed by atoms with Crippen molar-refractivity contribution >= 4 is 28.6 Å². The van der Waals surface area contributed by atoms with Gasteiger partial charge in [-0.05, 0) is 120 Å². The zero-order chi connectivity index (χ0) is 32.9. The average Bonchev–Trinajstić information content (AvgIpc) is 2.95. The number of fused-ring (bicyclic) bond motifs is 4. The van der Waals surface area contributed by atoms with Gasteiger partial charge in [-0.2, -0.15) is 0 Å². The Hall–Kier alpha value is -3.08. The highest BCUT2D eigenvalue weighted by Gasteiger charge is 2.43. The fourth-order valence-corrected chi connectivity index (χ4v) is 8.50. The second-order valence-electron chi connectivity index (χ2n) is 15.3. The molecule has 0 radical (unpaired) electrons. The predicted octanol–water partition coefficient (Wildman–Crippen LogP) is 9.42. The first-order valence-corrected chi connectivity index (χ1v) is 17.5. The van der Waals surface area contributed by atoms with Crippen molar-refractivity contribution in [1.29, 1.82) is 0 Å². The van der Waals surface area contributed by atoms with Gasteiger partial charge in [0.1, 0.15) is 0 Å². The number of carbonyl (C=O) groups is 1. The van der Waals surface area contributed by atoms with Crippen LogP contribution in [0.5, 0.6) is 0 Å². The summed E-state index contributed by atoms with van der Waals surface area (Å²) in [6, 6.07) is 9.93. The van der Waals surface area contributed by atoms with Gasteiger partial charge in [0.25, 0.3) is 0 Å². The Morgan fingerprint density at radius 1 is 0.911 bits per heavy atom. The number of unbranched alkanes of at least 4 members (excludes halogenated alkanes) is 1. The maximum atomic E-state index is 12.2. The molecule has 1 atom stereocenters. The van der Waals surface area contributed by atoms with Crippen LogP contribution in [0.25, 0.3) is 5.57 Å². The van der Waals surface area contributed by atoms with Gasteiger partial charge in [-0.15, -0.1) is 0 Å².